The van der Waals surface area contributed by atoms with Crippen LogP contribution in [0.2, 0.25) is 0 Å². The van der Waals surface area contributed by atoms with Crippen LogP contribution in [0.5, 0.6) is 5.75 Å². The summed E-state index contributed by atoms with van der Waals surface area (Å²) in [6.07, 6.45) is 2.61. The van der Waals surface area contributed by atoms with E-state index in [0.717, 1.165) is 4.47 Å². The van der Waals surface area contributed by atoms with Crippen LogP contribution in [-0.4, -0.2) is 20.1 Å². The zero-order chi connectivity index (χ0) is 12.0. The molecule has 0 bridgehead atoms. The van der Waals surface area contributed by atoms with Crippen molar-refractivity contribution in [2.75, 3.05) is 19.5 Å². The van der Waals surface area contributed by atoms with Gasteiger partial charge in [-0.3, -0.25) is 4.79 Å². The first-order chi connectivity index (χ1) is 7.65. The molecule has 1 aromatic rings. The van der Waals surface area contributed by atoms with Crippen LogP contribution in [0.4, 0.5) is 5.69 Å². The van der Waals surface area contributed by atoms with Crippen LogP contribution in [-0.2, 0) is 9.53 Å². The molecule has 0 aliphatic heterocycles. The first kappa shape index (κ1) is 12.6. The Morgan fingerprint density at radius 2 is 2.12 bits per heavy atom. The van der Waals surface area contributed by atoms with E-state index in [4.69, 9.17) is 4.74 Å². The van der Waals surface area contributed by atoms with Gasteiger partial charge in [-0.05, 0) is 12.1 Å². The van der Waals surface area contributed by atoms with E-state index in [1.54, 1.807) is 25.3 Å². The van der Waals surface area contributed by atoms with E-state index in [9.17, 15) is 4.79 Å². The van der Waals surface area contributed by atoms with Gasteiger partial charge in [0.05, 0.1) is 20.5 Å². The molecule has 1 aromatic carbocycles. The molecule has 0 saturated heterocycles. The minimum absolute atomic E-state index is 0.262. The summed E-state index contributed by atoms with van der Waals surface area (Å²) in [6.45, 7) is 0. The fourth-order valence-corrected chi connectivity index (χ4v) is 1.54. The van der Waals surface area contributed by atoms with Gasteiger partial charge >= 0.3 is 0 Å². The van der Waals surface area contributed by atoms with Gasteiger partial charge in [0, 0.05) is 22.3 Å². The molecule has 5 heteroatoms. The lowest BCUT2D eigenvalue weighted by Crippen LogP contribution is -2.08. The first-order valence-electron chi connectivity index (χ1n) is 4.50. The van der Waals surface area contributed by atoms with Gasteiger partial charge in [-0.1, -0.05) is 15.9 Å². The van der Waals surface area contributed by atoms with E-state index >= 15 is 0 Å². The molecule has 1 amide bonds. The summed E-state index contributed by atoms with van der Waals surface area (Å²) < 4.78 is 10.5. The number of methoxy groups -OCH3 is 2. The van der Waals surface area contributed by atoms with Gasteiger partial charge in [0.25, 0.3) is 5.91 Å². The average molecular weight is 286 g/mol. The van der Waals surface area contributed by atoms with E-state index in [1.165, 1.54) is 19.4 Å². The highest BCUT2D eigenvalue weighted by molar-refractivity contribution is 9.10. The Hall–Kier alpha value is -1.49. The number of anilines is 1. The van der Waals surface area contributed by atoms with Gasteiger partial charge in [-0.2, -0.15) is 0 Å². The predicted octanol–water partition coefficient (Wildman–Crippen LogP) is 2.56. The summed E-state index contributed by atoms with van der Waals surface area (Å²) in [5, 5.41) is 2.68. The molecule has 0 saturated carbocycles. The molecule has 4 nitrogen and oxygen atoms in total. The highest BCUT2D eigenvalue weighted by atomic mass is 79.9. The second-order valence-corrected chi connectivity index (χ2v) is 3.82. The van der Waals surface area contributed by atoms with Crippen LogP contribution in [0.25, 0.3) is 0 Å². The number of carbonyl (C=O) groups is 1. The number of hydrogen-bond acceptors (Lipinski definition) is 3. The third-order valence-electron chi connectivity index (χ3n) is 1.73. The lowest BCUT2D eigenvalue weighted by molar-refractivity contribution is -0.112. The molecular formula is C11H12BrNO3. The van der Waals surface area contributed by atoms with Gasteiger partial charge in [0.15, 0.2) is 0 Å². The summed E-state index contributed by atoms with van der Waals surface area (Å²) >= 11 is 3.32. The molecule has 86 valence electrons. The summed E-state index contributed by atoms with van der Waals surface area (Å²) in [5.41, 5.74) is 0.650. The SMILES string of the molecule is COC=CC(=O)Nc1cc(Br)cc(OC)c1. The Balaban J connectivity index is 2.77. The van der Waals surface area contributed by atoms with Crippen LogP contribution in [0, 0.1) is 0 Å². The van der Waals surface area contributed by atoms with Crippen LogP contribution < -0.4 is 10.1 Å². The second-order valence-electron chi connectivity index (χ2n) is 2.91. The van der Waals surface area contributed by atoms with Crippen LogP contribution in [0.3, 0.4) is 0 Å². The van der Waals surface area contributed by atoms with E-state index < -0.39 is 0 Å². The third-order valence-corrected chi connectivity index (χ3v) is 2.19. The standard InChI is InChI=1S/C11H12BrNO3/c1-15-4-3-11(14)13-9-5-8(12)6-10(7-9)16-2/h3-7H,1-2H3,(H,13,14). The van der Waals surface area contributed by atoms with Crippen LogP contribution in [0.15, 0.2) is 35.0 Å². The molecule has 0 aliphatic carbocycles. The topological polar surface area (TPSA) is 47.6 Å². The number of carbonyl (C=O) groups excluding carboxylic acids is 1. The summed E-state index contributed by atoms with van der Waals surface area (Å²) in [4.78, 5) is 11.3. The quantitative estimate of drug-likeness (QED) is 0.683. The van der Waals surface area contributed by atoms with Crippen LogP contribution >= 0.6 is 15.9 Å². The van der Waals surface area contributed by atoms with Gasteiger partial charge in [-0.15, -0.1) is 0 Å². The van der Waals surface area contributed by atoms with Crippen molar-refractivity contribution >= 4 is 27.5 Å². The second kappa shape index (κ2) is 6.17. The number of nitrogens with one attached hydrogen (secondary N) is 1. The molecule has 0 unspecified atom stereocenters. The smallest absolute Gasteiger partial charge is 0.251 e. The fourth-order valence-electron chi connectivity index (χ4n) is 1.07. The number of ether oxygens (including phenoxy) is 2. The van der Waals surface area contributed by atoms with Crippen molar-refractivity contribution in [3.63, 3.8) is 0 Å². The Labute approximate surface area is 102 Å². The fraction of sp³-hybridized carbons (Fsp3) is 0.182. The van der Waals surface area contributed by atoms with Gasteiger partial charge in [-0.25, -0.2) is 0 Å². The molecule has 0 fully saturated rings. The average Bonchev–Trinajstić information content (AvgIpc) is 2.25. The molecule has 0 aliphatic rings. The molecule has 16 heavy (non-hydrogen) atoms. The van der Waals surface area contributed by atoms with Gasteiger partial charge < -0.3 is 14.8 Å². The van der Waals surface area contributed by atoms with Gasteiger partial charge in [0.1, 0.15) is 5.75 Å². The number of rotatable bonds is 4. The van der Waals surface area contributed by atoms with Crippen molar-refractivity contribution in [2.45, 2.75) is 0 Å². The highest BCUT2D eigenvalue weighted by Gasteiger charge is 2.02. The van der Waals surface area contributed by atoms with Gasteiger partial charge in [0.2, 0.25) is 0 Å². The maximum atomic E-state index is 11.3. The normalized spacial score (nSPS) is 10.2. The van der Waals surface area contributed by atoms with Crippen molar-refractivity contribution < 1.29 is 14.3 Å². The number of halogens is 1. The zero-order valence-electron chi connectivity index (χ0n) is 8.99. The summed E-state index contributed by atoms with van der Waals surface area (Å²) in [7, 11) is 3.05. The highest BCUT2D eigenvalue weighted by Crippen LogP contribution is 2.24. The van der Waals surface area contributed by atoms with E-state index in [1.807, 2.05) is 0 Å². The number of benzene rings is 1. The minimum Gasteiger partial charge on any atom is -0.504 e. The lowest BCUT2D eigenvalue weighted by atomic mass is 10.3. The predicted molar refractivity (Wildman–Crippen MR) is 65.5 cm³/mol. The molecule has 0 spiro atoms. The van der Waals surface area contributed by atoms with E-state index in [-0.39, 0.29) is 5.91 Å². The van der Waals surface area contributed by atoms with E-state index in [2.05, 4.69) is 26.0 Å². The minimum atomic E-state index is -0.262. The van der Waals surface area contributed by atoms with Crippen molar-refractivity contribution in [1.29, 1.82) is 0 Å². The maximum Gasteiger partial charge on any atom is 0.251 e. The van der Waals surface area contributed by atoms with Crippen molar-refractivity contribution in [3.8, 4) is 5.75 Å². The van der Waals surface area contributed by atoms with Crippen molar-refractivity contribution in [3.05, 3.63) is 35.0 Å². The van der Waals surface area contributed by atoms with E-state index in [0.29, 0.717) is 11.4 Å². The maximum absolute atomic E-state index is 11.3. The molecule has 0 heterocycles. The number of amides is 1. The monoisotopic (exact) mass is 285 g/mol. The molecule has 0 atom stereocenters. The Morgan fingerprint density at radius 1 is 1.38 bits per heavy atom. The summed E-state index contributed by atoms with van der Waals surface area (Å²) in [5.74, 6) is 0.405. The number of hydrogen-bond donors (Lipinski definition) is 1. The largest absolute Gasteiger partial charge is 0.504 e. The molecule has 0 radical (unpaired) electrons. The molecule has 1 N–H and O–H groups in total. The molecular weight excluding hydrogens is 274 g/mol. The Bertz CT molecular complexity index is 404. The Kier molecular flexibility index (Phi) is 4.85. The lowest BCUT2D eigenvalue weighted by Gasteiger charge is -2.06. The molecule has 1 rings (SSSR count). The zero-order valence-corrected chi connectivity index (χ0v) is 10.6. The molecule has 0 aromatic heterocycles. The van der Waals surface area contributed by atoms with Crippen LogP contribution in [0.1, 0.15) is 0 Å². The third kappa shape index (κ3) is 3.94. The first-order valence-corrected chi connectivity index (χ1v) is 5.30. The Morgan fingerprint density at radius 3 is 2.75 bits per heavy atom. The van der Waals surface area contributed by atoms with Crippen molar-refractivity contribution in [1.82, 2.24) is 0 Å². The summed E-state index contributed by atoms with van der Waals surface area (Å²) in [6, 6.07) is 5.31. The van der Waals surface area contributed by atoms with Crippen molar-refractivity contribution in [2.24, 2.45) is 0 Å².